The van der Waals surface area contributed by atoms with E-state index in [9.17, 15) is 0 Å². The molecule has 3 heterocycles. The van der Waals surface area contributed by atoms with Crippen LogP contribution in [-0.4, -0.2) is 61.5 Å². The first kappa shape index (κ1) is 11.9. The molecule has 0 radical (unpaired) electrons. The summed E-state index contributed by atoms with van der Waals surface area (Å²) in [6.07, 6.45) is 6.83. The Kier molecular flexibility index (Phi) is 3.66. The molecular weight excluding hydrogens is 214 g/mol. The van der Waals surface area contributed by atoms with E-state index in [2.05, 4.69) is 22.4 Å². The Labute approximate surface area is 104 Å². The molecule has 3 rings (SSSR count). The lowest BCUT2D eigenvalue weighted by Gasteiger charge is -2.53. The topological polar surface area (TPSA) is 27.7 Å². The van der Waals surface area contributed by atoms with E-state index in [1.807, 2.05) is 0 Å². The van der Waals surface area contributed by atoms with Crippen molar-refractivity contribution in [2.24, 2.45) is 0 Å². The molecule has 1 N–H and O–H groups in total. The zero-order valence-electron chi connectivity index (χ0n) is 10.9. The molecule has 0 saturated carbocycles. The van der Waals surface area contributed by atoms with Crippen molar-refractivity contribution in [2.75, 3.05) is 33.4 Å². The van der Waals surface area contributed by atoms with E-state index in [1.165, 1.54) is 32.1 Å². The summed E-state index contributed by atoms with van der Waals surface area (Å²) in [7, 11) is 2.12. The standard InChI is InChI=1S/C13H25N3O/c1-14-11-9-12-3-2-4-13(10-11)16(12)15-5-7-17-8-6-15/h11-14H,2-10H2,1H3. The summed E-state index contributed by atoms with van der Waals surface area (Å²) in [6.45, 7) is 4.01. The molecule has 0 aliphatic carbocycles. The van der Waals surface area contributed by atoms with Gasteiger partial charge in [0.25, 0.3) is 0 Å². The van der Waals surface area contributed by atoms with Crippen LogP contribution in [0.1, 0.15) is 32.1 Å². The number of hydrogen-bond donors (Lipinski definition) is 1. The monoisotopic (exact) mass is 239 g/mol. The highest BCUT2D eigenvalue weighted by atomic mass is 16.5. The molecular formula is C13H25N3O. The van der Waals surface area contributed by atoms with E-state index in [-0.39, 0.29) is 0 Å². The van der Waals surface area contributed by atoms with Crippen LogP contribution in [0.25, 0.3) is 0 Å². The first-order chi connectivity index (χ1) is 8.38. The SMILES string of the molecule is CNC1CC2CCCC(C1)N2N1CCOCC1. The van der Waals surface area contributed by atoms with Gasteiger partial charge in [0.1, 0.15) is 0 Å². The molecule has 17 heavy (non-hydrogen) atoms. The van der Waals surface area contributed by atoms with Crippen molar-refractivity contribution in [3.8, 4) is 0 Å². The maximum Gasteiger partial charge on any atom is 0.0608 e. The number of ether oxygens (including phenoxy) is 1. The van der Waals surface area contributed by atoms with Crippen molar-refractivity contribution in [3.63, 3.8) is 0 Å². The third-order valence-corrected chi connectivity index (χ3v) is 4.66. The second kappa shape index (κ2) is 5.22. The lowest BCUT2D eigenvalue weighted by Crippen LogP contribution is -2.63. The Morgan fingerprint density at radius 3 is 2.29 bits per heavy atom. The van der Waals surface area contributed by atoms with Crippen LogP contribution < -0.4 is 5.32 Å². The Hall–Kier alpha value is -0.160. The first-order valence-corrected chi connectivity index (χ1v) is 7.16. The van der Waals surface area contributed by atoms with Crippen molar-refractivity contribution >= 4 is 0 Å². The van der Waals surface area contributed by atoms with Gasteiger partial charge in [-0.25, -0.2) is 10.0 Å². The molecule has 3 saturated heterocycles. The maximum absolute atomic E-state index is 5.47. The number of morpholine rings is 1. The minimum absolute atomic E-state index is 0.739. The second-order valence-electron chi connectivity index (χ2n) is 5.64. The highest BCUT2D eigenvalue weighted by Crippen LogP contribution is 2.35. The van der Waals surface area contributed by atoms with Crippen molar-refractivity contribution in [2.45, 2.75) is 50.2 Å². The highest BCUT2D eigenvalue weighted by Gasteiger charge is 2.40. The second-order valence-corrected chi connectivity index (χ2v) is 5.64. The quantitative estimate of drug-likeness (QED) is 0.773. The van der Waals surface area contributed by atoms with Gasteiger partial charge in [0.05, 0.1) is 13.2 Å². The first-order valence-electron chi connectivity index (χ1n) is 7.16. The van der Waals surface area contributed by atoms with Gasteiger partial charge in [-0.05, 0) is 32.7 Å². The molecule has 0 aromatic carbocycles. The van der Waals surface area contributed by atoms with Gasteiger partial charge in [-0.3, -0.25) is 0 Å². The number of fused-ring (bicyclic) bond motifs is 2. The van der Waals surface area contributed by atoms with Crippen LogP contribution in [0, 0.1) is 0 Å². The fourth-order valence-corrected chi connectivity index (χ4v) is 3.84. The molecule has 0 aromatic heterocycles. The molecule has 4 heteroatoms. The Balaban J connectivity index is 1.70. The van der Waals surface area contributed by atoms with Crippen LogP contribution in [0.5, 0.6) is 0 Å². The van der Waals surface area contributed by atoms with E-state index >= 15 is 0 Å². The normalized spacial score (nSPS) is 40.4. The summed E-state index contributed by atoms with van der Waals surface area (Å²) in [5, 5.41) is 8.78. The van der Waals surface area contributed by atoms with E-state index in [4.69, 9.17) is 4.74 Å². The molecule has 0 aromatic rings. The third kappa shape index (κ3) is 2.36. The third-order valence-electron chi connectivity index (χ3n) is 4.66. The molecule has 3 aliphatic rings. The summed E-state index contributed by atoms with van der Waals surface area (Å²) in [6, 6.07) is 2.29. The average molecular weight is 239 g/mol. The molecule has 98 valence electrons. The van der Waals surface area contributed by atoms with E-state index in [1.54, 1.807) is 0 Å². The Bertz CT molecular complexity index is 241. The Morgan fingerprint density at radius 2 is 1.71 bits per heavy atom. The van der Waals surface area contributed by atoms with Gasteiger partial charge in [-0.2, -0.15) is 0 Å². The van der Waals surface area contributed by atoms with Crippen molar-refractivity contribution in [1.82, 2.24) is 15.3 Å². The smallest absolute Gasteiger partial charge is 0.0608 e. The van der Waals surface area contributed by atoms with E-state index in [0.717, 1.165) is 44.4 Å². The molecule has 2 bridgehead atoms. The van der Waals surface area contributed by atoms with Crippen molar-refractivity contribution < 1.29 is 4.74 Å². The molecule has 0 amide bonds. The number of nitrogens with one attached hydrogen (secondary N) is 1. The number of hydrazine groups is 1. The number of rotatable bonds is 2. The lowest BCUT2D eigenvalue weighted by molar-refractivity contribution is -0.168. The lowest BCUT2D eigenvalue weighted by atomic mass is 9.83. The van der Waals surface area contributed by atoms with Crippen LogP contribution in [0.4, 0.5) is 0 Å². The van der Waals surface area contributed by atoms with Gasteiger partial charge in [0.2, 0.25) is 0 Å². The van der Waals surface area contributed by atoms with Gasteiger partial charge in [0, 0.05) is 31.2 Å². The summed E-state index contributed by atoms with van der Waals surface area (Å²) in [5.74, 6) is 0. The van der Waals surface area contributed by atoms with Crippen LogP contribution in [-0.2, 0) is 4.74 Å². The Morgan fingerprint density at radius 1 is 1.06 bits per heavy atom. The average Bonchev–Trinajstić information content (AvgIpc) is 2.38. The number of piperidine rings is 2. The van der Waals surface area contributed by atoms with Crippen LogP contribution in [0.15, 0.2) is 0 Å². The highest BCUT2D eigenvalue weighted by molar-refractivity contribution is 4.93. The summed E-state index contributed by atoms with van der Waals surface area (Å²) < 4.78 is 5.47. The van der Waals surface area contributed by atoms with Crippen LogP contribution in [0.2, 0.25) is 0 Å². The van der Waals surface area contributed by atoms with Gasteiger partial charge in [-0.15, -0.1) is 0 Å². The zero-order valence-corrected chi connectivity index (χ0v) is 10.9. The largest absolute Gasteiger partial charge is 0.379 e. The van der Waals surface area contributed by atoms with Gasteiger partial charge < -0.3 is 10.1 Å². The van der Waals surface area contributed by atoms with Crippen molar-refractivity contribution in [3.05, 3.63) is 0 Å². The number of nitrogens with zero attached hydrogens (tertiary/aromatic N) is 2. The van der Waals surface area contributed by atoms with E-state index in [0.29, 0.717) is 0 Å². The summed E-state index contributed by atoms with van der Waals surface area (Å²) in [4.78, 5) is 0. The molecule has 2 atom stereocenters. The summed E-state index contributed by atoms with van der Waals surface area (Å²) in [5.41, 5.74) is 0. The van der Waals surface area contributed by atoms with Gasteiger partial charge in [-0.1, -0.05) is 6.42 Å². The fourth-order valence-electron chi connectivity index (χ4n) is 3.84. The minimum Gasteiger partial charge on any atom is -0.379 e. The maximum atomic E-state index is 5.47. The van der Waals surface area contributed by atoms with Crippen LogP contribution in [0.3, 0.4) is 0 Å². The molecule has 0 spiro atoms. The summed E-state index contributed by atoms with van der Waals surface area (Å²) >= 11 is 0. The zero-order chi connectivity index (χ0) is 11.7. The number of hydrogen-bond acceptors (Lipinski definition) is 4. The minimum atomic E-state index is 0.739. The van der Waals surface area contributed by atoms with E-state index < -0.39 is 0 Å². The van der Waals surface area contributed by atoms with Gasteiger partial charge >= 0.3 is 0 Å². The van der Waals surface area contributed by atoms with Gasteiger partial charge in [0.15, 0.2) is 0 Å². The van der Waals surface area contributed by atoms with Crippen molar-refractivity contribution in [1.29, 1.82) is 0 Å². The predicted molar refractivity (Wildman–Crippen MR) is 67.7 cm³/mol. The molecule has 2 unspecified atom stereocenters. The predicted octanol–water partition coefficient (Wildman–Crippen LogP) is 0.839. The molecule has 4 nitrogen and oxygen atoms in total. The fraction of sp³-hybridized carbons (Fsp3) is 1.00. The molecule has 3 fully saturated rings. The van der Waals surface area contributed by atoms with Crippen LogP contribution >= 0.6 is 0 Å². The molecule has 3 aliphatic heterocycles.